The van der Waals surface area contributed by atoms with Gasteiger partial charge in [0.05, 0.1) is 11.2 Å². The maximum absolute atomic E-state index is 10.1. The molecule has 0 aliphatic heterocycles. The van der Waals surface area contributed by atoms with Crippen LogP contribution in [0.25, 0.3) is 0 Å². The van der Waals surface area contributed by atoms with Gasteiger partial charge in [-0.05, 0) is 31.0 Å². The van der Waals surface area contributed by atoms with Crippen LogP contribution < -0.4 is 4.74 Å². The van der Waals surface area contributed by atoms with Crippen LogP contribution in [0.5, 0.6) is 5.75 Å². The van der Waals surface area contributed by atoms with Crippen molar-refractivity contribution in [1.29, 1.82) is 5.26 Å². The minimum Gasteiger partial charge on any atom is -0.489 e. The number of nitrogens with zero attached hydrogens (tertiary/aromatic N) is 1. The molecule has 1 unspecified atom stereocenters. The van der Waals surface area contributed by atoms with Gasteiger partial charge in [-0.2, -0.15) is 5.26 Å². The average molecular weight is 298 g/mol. The summed E-state index contributed by atoms with van der Waals surface area (Å²) < 4.78 is 6.35. The van der Waals surface area contributed by atoms with Gasteiger partial charge >= 0.3 is 0 Å². The van der Waals surface area contributed by atoms with Crippen molar-refractivity contribution in [2.24, 2.45) is 5.92 Å². The quantitative estimate of drug-likeness (QED) is 0.929. The molecule has 0 radical (unpaired) electrons. The molecule has 3 nitrogen and oxygen atoms in total. The molecule has 0 bridgehead atoms. The van der Waals surface area contributed by atoms with Crippen molar-refractivity contribution in [3.63, 3.8) is 0 Å². The lowest BCUT2D eigenvalue weighted by molar-refractivity contribution is -0.0267. The molecular weight excluding hydrogens is 282 g/mol. The van der Waals surface area contributed by atoms with Gasteiger partial charge in [0.1, 0.15) is 18.4 Å². The summed E-state index contributed by atoms with van der Waals surface area (Å²) in [6.45, 7) is 5.75. The fraction of sp³-hybridized carbons (Fsp3) is 0.462. The zero-order valence-electron chi connectivity index (χ0n) is 10.2. The maximum Gasteiger partial charge on any atom is 0.137 e. The Morgan fingerprint density at radius 3 is 2.71 bits per heavy atom. The van der Waals surface area contributed by atoms with Crippen molar-refractivity contribution in [3.8, 4) is 11.8 Å². The lowest BCUT2D eigenvalue weighted by Gasteiger charge is -2.27. The molecule has 0 saturated heterocycles. The second kappa shape index (κ2) is 5.52. The molecular formula is C13H16BrNO2. The van der Waals surface area contributed by atoms with E-state index in [0.717, 1.165) is 4.47 Å². The molecule has 0 aliphatic rings. The van der Waals surface area contributed by atoms with E-state index in [1.54, 1.807) is 25.1 Å². The Bertz CT molecular complexity index is 436. The fourth-order valence-electron chi connectivity index (χ4n) is 1.11. The smallest absolute Gasteiger partial charge is 0.137 e. The largest absolute Gasteiger partial charge is 0.489 e. The number of ether oxygens (including phenoxy) is 1. The summed E-state index contributed by atoms with van der Waals surface area (Å²) in [6, 6.07) is 7.29. The number of rotatable bonds is 4. The minimum atomic E-state index is -0.903. The molecule has 0 amide bonds. The van der Waals surface area contributed by atoms with E-state index in [1.165, 1.54) is 0 Å². The molecule has 1 atom stereocenters. The molecule has 0 fully saturated rings. The summed E-state index contributed by atoms with van der Waals surface area (Å²) in [6.07, 6.45) is 0. The molecule has 0 saturated carbocycles. The van der Waals surface area contributed by atoms with Gasteiger partial charge in [-0.15, -0.1) is 0 Å². The monoisotopic (exact) mass is 297 g/mol. The van der Waals surface area contributed by atoms with Crippen molar-refractivity contribution < 1.29 is 9.84 Å². The Labute approximate surface area is 110 Å². The van der Waals surface area contributed by atoms with Crippen molar-refractivity contribution in [2.45, 2.75) is 26.4 Å². The van der Waals surface area contributed by atoms with Crippen LogP contribution in [-0.4, -0.2) is 17.3 Å². The molecule has 0 aromatic heterocycles. The molecule has 4 heteroatoms. The number of benzene rings is 1. The second-order valence-electron chi connectivity index (χ2n) is 4.55. The highest BCUT2D eigenvalue weighted by molar-refractivity contribution is 9.10. The molecule has 0 aliphatic carbocycles. The highest BCUT2D eigenvalue weighted by Crippen LogP contribution is 2.24. The highest BCUT2D eigenvalue weighted by Gasteiger charge is 2.26. The summed E-state index contributed by atoms with van der Waals surface area (Å²) in [5.74, 6) is 0.583. The van der Waals surface area contributed by atoms with Crippen LogP contribution in [-0.2, 0) is 0 Å². The molecule has 1 N–H and O–H groups in total. The van der Waals surface area contributed by atoms with Gasteiger partial charge in [0.2, 0.25) is 0 Å². The van der Waals surface area contributed by atoms with Gasteiger partial charge in [-0.25, -0.2) is 0 Å². The highest BCUT2D eigenvalue weighted by atomic mass is 79.9. The van der Waals surface area contributed by atoms with Crippen LogP contribution in [0, 0.1) is 17.2 Å². The van der Waals surface area contributed by atoms with Gasteiger partial charge < -0.3 is 9.84 Å². The normalized spacial score (nSPS) is 14.2. The Morgan fingerprint density at radius 2 is 2.18 bits per heavy atom. The molecule has 92 valence electrons. The minimum absolute atomic E-state index is 0.0866. The van der Waals surface area contributed by atoms with Crippen molar-refractivity contribution >= 4 is 15.9 Å². The fourth-order valence-corrected chi connectivity index (χ4v) is 1.47. The first kappa shape index (κ1) is 14.0. The number of hydrogen-bond donors (Lipinski definition) is 1. The zero-order chi connectivity index (χ0) is 13.1. The third-order valence-corrected chi connectivity index (χ3v) is 3.32. The molecule has 1 rings (SSSR count). The molecule has 1 aromatic rings. The summed E-state index contributed by atoms with van der Waals surface area (Å²) >= 11 is 3.29. The van der Waals surface area contributed by atoms with Crippen LogP contribution in [0.3, 0.4) is 0 Å². The van der Waals surface area contributed by atoms with E-state index in [-0.39, 0.29) is 12.5 Å². The third-order valence-electron chi connectivity index (χ3n) is 2.83. The Kier molecular flexibility index (Phi) is 4.55. The van der Waals surface area contributed by atoms with E-state index in [1.807, 2.05) is 13.8 Å². The Balaban J connectivity index is 2.80. The predicted molar refractivity (Wildman–Crippen MR) is 69.8 cm³/mol. The van der Waals surface area contributed by atoms with Crippen molar-refractivity contribution in [1.82, 2.24) is 0 Å². The first-order chi connectivity index (χ1) is 7.86. The first-order valence-corrected chi connectivity index (χ1v) is 6.21. The van der Waals surface area contributed by atoms with Gasteiger partial charge in [0.25, 0.3) is 0 Å². The van der Waals surface area contributed by atoms with E-state index in [0.29, 0.717) is 11.3 Å². The summed E-state index contributed by atoms with van der Waals surface area (Å²) in [5, 5.41) is 19.0. The Morgan fingerprint density at radius 1 is 1.53 bits per heavy atom. The molecule has 0 spiro atoms. The van der Waals surface area contributed by atoms with Gasteiger partial charge in [0.15, 0.2) is 0 Å². The summed E-state index contributed by atoms with van der Waals surface area (Å²) in [4.78, 5) is 0. The molecule has 0 heterocycles. The van der Waals surface area contributed by atoms with Gasteiger partial charge in [0, 0.05) is 4.47 Å². The van der Waals surface area contributed by atoms with Crippen LogP contribution in [0.15, 0.2) is 22.7 Å². The molecule has 1 aromatic carbocycles. The van der Waals surface area contributed by atoms with E-state index in [4.69, 9.17) is 10.00 Å². The van der Waals surface area contributed by atoms with E-state index in [2.05, 4.69) is 22.0 Å². The van der Waals surface area contributed by atoms with E-state index >= 15 is 0 Å². The summed E-state index contributed by atoms with van der Waals surface area (Å²) in [5.41, 5.74) is -0.446. The number of halogens is 1. The number of nitriles is 1. The maximum atomic E-state index is 10.1. The standard InChI is InChI=1S/C13H16BrNO2/c1-9(2)13(3,16)8-17-12-5-4-11(14)6-10(12)7-15/h4-6,9,16H,8H2,1-3H3. The van der Waals surface area contributed by atoms with E-state index in [9.17, 15) is 5.11 Å². The number of hydrogen-bond acceptors (Lipinski definition) is 3. The van der Waals surface area contributed by atoms with E-state index < -0.39 is 5.60 Å². The third kappa shape index (κ3) is 3.72. The SMILES string of the molecule is CC(C)C(C)(O)COc1ccc(Br)cc1C#N. The van der Waals surface area contributed by atoms with Crippen molar-refractivity contribution in [2.75, 3.05) is 6.61 Å². The predicted octanol–water partition coefficient (Wildman–Crippen LogP) is 3.11. The van der Waals surface area contributed by atoms with Crippen LogP contribution in [0.1, 0.15) is 26.3 Å². The first-order valence-electron chi connectivity index (χ1n) is 5.41. The van der Waals surface area contributed by atoms with Crippen molar-refractivity contribution in [3.05, 3.63) is 28.2 Å². The summed E-state index contributed by atoms with van der Waals surface area (Å²) in [7, 11) is 0. The molecule has 17 heavy (non-hydrogen) atoms. The van der Waals surface area contributed by atoms with Crippen LogP contribution >= 0.6 is 15.9 Å². The second-order valence-corrected chi connectivity index (χ2v) is 5.47. The number of aliphatic hydroxyl groups is 1. The lowest BCUT2D eigenvalue weighted by Crippen LogP contribution is -2.37. The van der Waals surface area contributed by atoms with Crippen LogP contribution in [0.4, 0.5) is 0 Å². The van der Waals surface area contributed by atoms with Crippen LogP contribution in [0.2, 0.25) is 0 Å². The topological polar surface area (TPSA) is 53.2 Å². The van der Waals surface area contributed by atoms with Gasteiger partial charge in [-0.1, -0.05) is 29.8 Å². The average Bonchev–Trinajstić information content (AvgIpc) is 2.27. The van der Waals surface area contributed by atoms with Gasteiger partial charge in [-0.3, -0.25) is 0 Å². The Hall–Kier alpha value is -1.05. The zero-order valence-corrected chi connectivity index (χ0v) is 11.8. The lowest BCUT2D eigenvalue weighted by atomic mass is 9.94.